The number of rotatable bonds is 9. The zero-order chi connectivity index (χ0) is 26.6. The number of halogens is 1. The van der Waals surface area contributed by atoms with Gasteiger partial charge in [0, 0.05) is 23.3 Å². The van der Waals surface area contributed by atoms with Gasteiger partial charge in [0.25, 0.3) is 5.91 Å². The van der Waals surface area contributed by atoms with Crippen LogP contribution in [0.25, 0.3) is 0 Å². The molecule has 2 amide bonds. The first-order chi connectivity index (χ1) is 17.7. The number of hydrogen-bond acceptors (Lipinski definition) is 4. The molecule has 8 heteroatoms. The van der Waals surface area contributed by atoms with E-state index in [0.717, 1.165) is 30.5 Å². The number of carbonyl (C=O) groups excluding carboxylic acids is 2. The smallest absolute Gasteiger partial charge is 0.255 e. The molecule has 0 saturated carbocycles. The molecule has 2 aromatic carbocycles. The molecule has 2 heterocycles. The Kier molecular flexibility index (Phi) is 8.82. The SMILES string of the molecule is C[C@@H]1[C@@H]([Si](C)(C)F)[C@H](CC(=O)N2CCC[C@H]2CO)O[C@@H]1CCc1cccc(NC(=O)c2ccccc2)c1. The molecule has 0 aliphatic carbocycles. The number of nitrogens with one attached hydrogen (secondary N) is 1. The summed E-state index contributed by atoms with van der Waals surface area (Å²) in [5.74, 6) is -0.186. The van der Waals surface area contributed by atoms with Crippen LogP contribution in [0.4, 0.5) is 9.80 Å². The van der Waals surface area contributed by atoms with Crippen LogP contribution in [0, 0.1) is 5.92 Å². The summed E-state index contributed by atoms with van der Waals surface area (Å²) in [5.41, 5.74) is 2.14. The van der Waals surface area contributed by atoms with Crippen molar-refractivity contribution in [1.82, 2.24) is 4.90 Å². The molecule has 5 atom stereocenters. The molecule has 2 saturated heterocycles. The van der Waals surface area contributed by atoms with E-state index in [1.807, 2.05) is 42.5 Å². The minimum Gasteiger partial charge on any atom is -0.394 e. The number of anilines is 1. The van der Waals surface area contributed by atoms with Crippen LogP contribution in [0.1, 0.15) is 48.5 Å². The molecule has 6 nitrogen and oxygen atoms in total. The Bertz CT molecular complexity index is 1080. The van der Waals surface area contributed by atoms with Crippen LogP contribution in [-0.4, -0.2) is 61.6 Å². The molecular formula is C29H39FN2O4Si. The maximum atomic E-state index is 15.5. The molecule has 2 aliphatic heterocycles. The van der Waals surface area contributed by atoms with Crippen molar-refractivity contribution in [1.29, 1.82) is 0 Å². The fraction of sp³-hybridized carbons (Fsp3) is 0.517. The van der Waals surface area contributed by atoms with Gasteiger partial charge in [-0.25, -0.2) is 0 Å². The van der Waals surface area contributed by atoms with Crippen LogP contribution in [-0.2, 0) is 16.0 Å². The van der Waals surface area contributed by atoms with E-state index in [9.17, 15) is 14.7 Å². The van der Waals surface area contributed by atoms with Crippen molar-refractivity contribution in [2.75, 3.05) is 18.5 Å². The highest BCUT2D eigenvalue weighted by Gasteiger charge is 2.52. The third-order valence-corrected chi connectivity index (χ3v) is 10.4. The van der Waals surface area contributed by atoms with Gasteiger partial charge in [-0.1, -0.05) is 37.3 Å². The molecular weight excluding hydrogens is 487 g/mol. The lowest BCUT2D eigenvalue weighted by Crippen LogP contribution is -2.42. The van der Waals surface area contributed by atoms with Gasteiger partial charge in [0.1, 0.15) is 0 Å². The number of likely N-dealkylation sites (tertiary alicyclic amines) is 1. The minimum atomic E-state index is -3.08. The van der Waals surface area contributed by atoms with Gasteiger partial charge in [0.15, 0.2) is 0 Å². The van der Waals surface area contributed by atoms with Crippen molar-refractivity contribution in [2.24, 2.45) is 5.92 Å². The Hall–Kier alpha value is -2.55. The van der Waals surface area contributed by atoms with Gasteiger partial charge in [0.05, 0.1) is 31.3 Å². The molecule has 37 heavy (non-hydrogen) atoms. The maximum Gasteiger partial charge on any atom is 0.255 e. The summed E-state index contributed by atoms with van der Waals surface area (Å²) in [6.07, 6.45) is 2.74. The molecule has 0 aromatic heterocycles. The summed E-state index contributed by atoms with van der Waals surface area (Å²) >= 11 is 0. The minimum absolute atomic E-state index is 0.0117. The third kappa shape index (κ3) is 6.66. The number of aliphatic hydroxyl groups is 1. The topological polar surface area (TPSA) is 78.9 Å². The van der Waals surface area contributed by atoms with E-state index >= 15 is 4.11 Å². The predicted molar refractivity (Wildman–Crippen MR) is 146 cm³/mol. The first kappa shape index (κ1) is 27.5. The Morgan fingerprint density at radius 1 is 1.14 bits per heavy atom. The van der Waals surface area contributed by atoms with Gasteiger partial charge in [-0.2, -0.15) is 0 Å². The third-order valence-electron chi connectivity index (χ3n) is 7.92. The van der Waals surface area contributed by atoms with E-state index in [-0.39, 0.29) is 48.4 Å². The summed E-state index contributed by atoms with van der Waals surface area (Å²) in [6, 6.07) is 16.7. The van der Waals surface area contributed by atoms with Gasteiger partial charge >= 0.3 is 0 Å². The summed E-state index contributed by atoms with van der Waals surface area (Å²) in [5, 5.41) is 12.6. The van der Waals surface area contributed by atoms with Crippen LogP contribution in [0.15, 0.2) is 54.6 Å². The van der Waals surface area contributed by atoms with Crippen molar-refractivity contribution in [3.8, 4) is 0 Å². The van der Waals surface area contributed by atoms with Gasteiger partial charge in [-0.05, 0) is 74.5 Å². The lowest BCUT2D eigenvalue weighted by molar-refractivity contribution is -0.135. The van der Waals surface area contributed by atoms with E-state index < -0.39 is 14.5 Å². The van der Waals surface area contributed by atoms with E-state index in [2.05, 4.69) is 12.2 Å². The first-order valence-corrected chi connectivity index (χ1v) is 16.3. The zero-order valence-electron chi connectivity index (χ0n) is 22.0. The van der Waals surface area contributed by atoms with Crippen molar-refractivity contribution >= 4 is 25.9 Å². The molecule has 0 bridgehead atoms. The predicted octanol–water partition coefficient (Wildman–Crippen LogP) is 5.19. The second-order valence-corrected chi connectivity index (χ2v) is 14.8. The highest BCUT2D eigenvalue weighted by molar-refractivity contribution is 6.72. The van der Waals surface area contributed by atoms with Gasteiger partial charge in [-0.15, -0.1) is 0 Å². The summed E-state index contributed by atoms with van der Waals surface area (Å²) in [7, 11) is -3.08. The van der Waals surface area contributed by atoms with E-state index in [4.69, 9.17) is 4.74 Å². The normalized spacial score (nSPS) is 25.9. The van der Waals surface area contributed by atoms with Gasteiger partial charge < -0.3 is 24.2 Å². The maximum absolute atomic E-state index is 15.5. The highest BCUT2D eigenvalue weighted by Crippen LogP contribution is 2.47. The van der Waals surface area contributed by atoms with Crippen LogP contribution < -0.4 is 5.32 Å². The highest BCUT2D eigenvalue weighted by atomic mass is 28.4. The number of nitrogens with zero attached hydrogens (tertiary/aromatic N) is 1. The number of benzene rings is 2. The molecule has 200 valence electrons. The van der Waals surface area contributed by atoms with Crippen LogP contribution in [0.3, 0.4) is 0 Å². The molecule has 0 spiro atoms. The molecule has 2 fully saturated rings. The number of ether oxygens (including phenoxy) is 1. The second kappa shape index (κ2) is 11.9. The average Bonchev–Trinajstić information content (AvgIpc) is 3.47. The van der Waals surface area contributed by atoms with Gasteiger partial charge in [-0.3, -0.25) is 9.59 Å². The molecule has 2 aromatic rings. The second-order valence-electron chi connectivity index (χ2n) is 11.0. The quantitative estimate of drug-likeness (QED) is 0.348. The molecule has 0 unspecified atom stereocenters. The number of carbonyl (C=O) groups is 2. The lowest BCUT2D eigenvalue weighted by atomic mass is 9.95. The fourth-order valence-corrected chi connectivity index (χ4v) is 8.67. The number of aryl methyl sites for hydroxylation is 1. The van der Waals surface area contributed by atoms with Crippen molar-refractivity contribution < 1.29 is 23.5 Å². The van der Waals surface area contributed by atoms with E-state index in [0.29, 0.717) is 18.5 Å². The molecule has 4 rings (SSSR count). The lowest BCUT2D eigenvalue weighted by Gasteiger charge is -2.30. The number of hydrogen-bond donors (Lipinski definition) is 2. The average molecular weight is 527 g/mol. The molecule has 2 N–H and O–H groups in total. The first-order valence-electron chi connectivity index (χ1n) is 13.4. The summed E-state index contributed by atoms with van der Waals surface area (Å²) in [6.45, 7) is 6.09. The molecule has 2 aliphatic rings. The van der Waals surface area contributed by atoms with Crippen molar-refractivity contribution in [3.05, 3.63) is 65.7 Å². The van der Waals surface area contributed by atoms with E-state index in [1.54, 1.807) is 30.1 Å². The monoisotopic (exact) mass is 526 g/mol. The Morgan fingerprint density at radius 2 is 1.89 bits per heavy atom. The fourth-order valence-electron chi connectivity index (χ4n) is 6.13. The van der Waals surface area contributed by atoms with E-state index in [1.165, 1.54) is 0 Å². The number of amides is 2. The van der Waals surface area contributed by atoms with Crippen molar-refractivity contribution in [3.63, 3.8) is 0 Å². The van der Waals surface area contributed by atoms with Crippen LogP contribution in [0.2, 0.25) is 18.6 Å². The van der Waals surface area contributed by atoms with Crippen molar-refractivity contribution in [2.45, 2.75) is 75.9 Å². The Balaban J connectivity index is 1.39. The summed E-state index contributed by atoms with van der Waals surface area (Å²) < 4.78 is 21.9. The van der Waals surface area contributed by atoms with Gasteiger partial charge in [0.2, 0.25) is 14.3 Å². The largest absolute Gasteiger partial charge is 0.394 e. The Labute approximate surface area is 220 Å². The van der Waals surface area contributed by atoms with Crippen LogP contribution in [0.5, 0.6) is 0 Å². The molecule has 0 radical (unpaired) electrons. The standard InChI is InChI=1S/C29H39FN2O4Si/c1-20-25(15-14-21-9-7-12-23(17-21)31-29(35)22-10-5-4-6-11-22)36-26(28(20)37(2,3)30)18-27(34)32-16-8-13-24(32)19-33/h4-7,9-12,17,20,24-26,28,33H,8,13-16,18-19H2,1-3H3,(H,31,35)/t20-,24-,25+,26-,28+/m0/s1. The van der Waals surface area contributed by atoms with Crippen LogP contribution >= 0.6 is 0 Å². The summed E-state index contributed by atoms with van der Waals surface area (Å²) in [4.78, 5) is 27.3. The number of aliphatic hydroxyl groups excluding tert-OH is 1. The Morgan fingerprint density at radius 3 is 2.59 bits per heavy atom. The zero-order valence-corrected chi connectivity index (χ0v) is 23.0.